The molecule has 156 valence electrons. The van der Waals surface area contributed by atoms with Gasteiger partial charge in [-0.1, -0.05) is 45.0 Å². The first kappa shape index (κ1) is 21.4. The van der Waals surface area contributed by atoms with E-state index in [9.17, 15) is 13.2 Å². The number of amides is 1. The summed E-state index contributed by atoms with van der Waals surface area (Å²) in [6.45, 7) is 10.8. The first-order valence-corrected chi connectivity index (χ1v) is 11.4. The van der Waals surface area contributed by atoms with Crippen molar-refractivity contribution in [3.05, 3.63) is 59.7 Å². The smallest absolute Gasteiger partial charge is 0.264 e. The van der Waals surface area contributed by atoms with Gasteiger partial charge in [0, 0.05) is 17.6 Å². The summed E-state index contributed by atoms with van der Waals surface area (Å²) in [5, 5.41) is 3.05. The molecule has 1 aliphatic rings. The maximum absolute atomic E-state index is 13.2. The van der Waals surface area contributed by atoms with E-state index in [4.69, 9.17) is 0 Å². The Labute approximate surface area is 174 Å². The lowest BCUT2D eigenvalue weighted by Crippen LogP contribution is -2.45. The van der Waals surface area contributed by atoms with Crippen LogP contribution in [0, 0.1) is 5.41 Å². The van der Waals surface area contributed by atoms with Crippen molar-refractivity contribution in [1.29, 1.82) is 0 Å². The van der Waals surface area contributed by atoms with Gasteiger partial charge in [0.25, 0.3) is 15.9 Å². The lowest BCUT2D eigenvalue weighted by atomic mass is 9.81. The average molecular weight is 415 g/mol. The van der Waals surface area contributed by atoms with Gasteiger partial charge >= 0.3 is 0 Å². The molecular weight excluding hydrogens is 384 g/mol. The summed E-state index contributed by atoms with van der Waals surface area (Å²) in [6.07, 6.45) is 1.49. The summed E-state index contributed by atoms with van der Waals surface area (Å²) < 4.78 is 27.9. The molecule has 0 aliphatic carbocycles. The van der Waals surface area contributed by atoms with E-state index in [-0.39, 0.29) is 16.2 Å². The molecular formula is C23H30N2O3S. The highest BCUT2D eigenvalue weighted by Crippen LogP contribution is 2.33. The highest BCUT2D eigenvalue weighted by molar-refractivity contribution is 7.92. The van der Waals surface area contributed by atoms with Crippen LogP contribution in [0.15, 0.2) is 53.4 Å². The van der Waals surface area contributed by atoms with Crippen molar-refractivity contribution in [3.63, 3.8) is 0 Å². The van der Waals surface area contributed by atoms with E-state index in [1.165, 1.54) is 10.4 Å². The molecule has 0 bridgehead atoms. The Bertz CT molecular complexity index is 1020. The van der Waals surface area contributed by atoms with Crippen molar-refractivity contribution in [1.82, 2.24) is 5.32 Å². The number of nitrogens with one attached hydrogen (secondary N) is 1. The molecule has 0 fully saturated rings. The standard InChI is InChI=1S/C23H30N2O3S/c1-22(2,3)16-23(4,5)24-21(26)18-10-8-11-19(15-18)29(27,28)25-14-13-17-9-6-7-12-20(17)25/h6-12,15H,13-14,16H2,1-5H3,(H,24,26). The van der Waals surface area contributed by atoms with E-state index in [1.807, 2.05) is 38.1 Å². The summed E-state index contributed by atoms with van der Waals surface area (Å²) in [5.41, 5.74) is 1.74. The molecule has 0 radical (unpaired) electrons. The van der Waals surface area contributed by atoms with Crippen molar-refractivity contribution in [2.75, 3.05) is 10.8 Å². The lowest BCUT2D eigenvalue weighted by molar-refractivity contribution is 0.0891. The van der Waals surface area contributed by atoms with Crippen LogP contribution in [0.2, 0.25) is 0 Å². The van der Waals surface area contributed by atoms with Crippen LogP contribution in [0.1, 0.15) is 57.0 Å². The number of carbonyl (C=O) groups excluding carboxylic acids is 1. The third kappa shape index (κ3) is 4.81. The van der Waals surface area contributed by atoms with Gasteiger partial charge in [0.05, 0.1) is 10.6 Å². The topological polar surface area (TPSA) is 66.5 Å². The molecule has 1 amide bonds. The first-order chi connectivity index (χ1) is 13.4. The fourth-order valence-corrected chi connectivity index (χ4v) is 5.78. The minimum Gasteiger partial charge on any atom is -0.347 e. The largest absolute Gasteiger partial charge is 0.347 e. The molecule has 1 heterocycles. The maximum Gasteiger partial charge on any atom is 0.264 e. The SMILES string of the molecule is CC(C)(C)CC(C)(C)NC(=O)c1cccc(S(=O)(=O)N2CCc3ccccc32)c1. The second-order valence-electron chi connectivity index (χ2n) is 9.56. The van der Waals surface area contributed by atoms with Gasteiger partial charge in [-0.05, 0) is 61.9 Å². The first-order valence-electron chi connectivity index (χ1n) is 9.92. The van der Waals surface area contributed by atoms with Crippen LogP contribution in [0.4, 0.5) is 5.69 Å². The Morgan fingerprint density at radius 1 is 1.03 bits per heavy atom. The van der Waals surface area contributed by atoms with Crippen molar-refractivity contribution in [3.8, 4) is 0 Å². The normalized spacial score (nSPS) is 14.6. The van der Waals surface area contributed by atoms with Crippen LogP contribution < -0.4 is 9.62 Å². The molecule has 0 spiro atoms. The van der Waals surface area contributed by atoms with E-state index in [0.29, 0.717) is 24.2 Å². The molecule has 6 heteroatoms. The van der Waals surface area contributed by atoms with Gasteiger partial charge in [0.1, 0.15) is 0 Å². The molecule has 2 aromatic rings. The minimum atomic E-state index is -3.73. The molecule has 0 aromatic heterocycles. The highest BCUT2D eigenvalue weighted by atomic mass is 32.2. The second kappa shape index (κ2) is 7.48. The van der Waals surface area contributed by atoms with Crippen LogP contribution >= 0.6 is 0 Å². The van der Waals surface area contributed by atoms with Gasteiger partial charge in [-0.25, -0.2) is 8.42 Å². The number of anilines is 1. The Hall–Kier alpha value is -2.34. The third-order valence-electron chi connectivity index (χ3n) is 4.95. The monoisotopic (exact) mass is 414 g/mol. The molecule has 5 nitrogen and oxygen atoms in total. The summed E-state index contributed by atoms with van der Waals surface area (Å²) >= 11 is 0. The van der Waals surface area contributed by atoms with E-state index in [2.05, 4.69) is 26.1 Å². The molecule has 0 atom stereocenters. The van der Waals surface area contributed by atoms with Crippen molar-refractivity contribution in [2.24, 2.45) is 5.41 Å². The van der Waals surface area contributed by atoms with Crippen molar-refractivity contribution >= 4 is 21.6 Å². The van der Waals surface area contributed by atoms with Crippen molar-refractivity contribution < 1.29 is 13.2 Å². The summed E-state index contributed by atoms with van der Waals surface area (Å²) in [4.78, 5) is 13.0. The van der Waals surface area contributed by atoms with Gasteiger partial charge in [-0.2, -0.15) is 0 Å². The summed E-state index contributed by atoms with van der Waals surface area (Å²) in [7, 11) is -3.73. The summed E-state index contributed by atoms with van der Waals surface area (Å²) in [5.74, 6) is -0.266. The number of benzene rings is 2. The van der Waals surface area contributed by atoms with Crippen LogP contribution in [0.3, 0.4) is 0 Å². The van der Waals surface area contributed by atoms with E-state index >= 15 is 0 Å². The lowest BCUT2D eigenvalue weighted by Gasteiger charge is -2.33. The minimum absolute atomic E-state index is 0.0606. The number of rotatable bonds is 5. The Kier molecular flexibility index (Phi) is 5.52. The highest BCUT2D eigenvalue weighted by Gasteiger charge is 2.32. The number of para-hydroxylation sites is 1. The second-order valence-corrected chi connectivity index (χ2v) is 11.4. The number of hydrogen-bond acceptors (Lipinski definition) is 3. The molecule has 1 aliphatic heterocycles. The number of nitrogens with zero attached hydrogens (tertiary/aromatic N) is 1. The van der Waals surface area contributed by atoms with Gasteiger partial charge < -0.3 is 5.32 Å². The molecule has 1 N–H and O–H groups in total. The molecule has 0 unspecified atom stereocenters. The Morgan fingerprint density at radius 2 is 1.72 bits per heavy atom. The van der Waals surface area contributed by atoms with Crippen LogP contribution in [-0.2, 0) is 16.4 Å². The molecule has 0 saturated heterocycles. The molecule has 2 aromatic carbocycles. The van der Waals surface area contributed by atoms with Gasteiger partial charge in [-0.15, -0.1) is 0 Å². The van der Waals surface area contributed by atoms with Gasteiger partial charge in [0.15, 0.2) is 0 Å². The Balaban J connectivity index is 1.85. The van der Waals surface area contributed by atoms with E-state index in [1.54, 1.807) is 18.2 Å². The maximum atomic E-state index is 13.2. The Morgan fingerprint density at radius 3 is 2.41 bits per heavy atom. The average Bonchev–Trinajstić information content (AvgIpc) is 3.04. The zero-order valence-electron chi connectivity index (χ0n) is 17.8. The van der Waals surface area contributed by atoms with Crippen molar-refractivity contribution in [2.45, 2.75) is 57.9 Å². The van der Waals surface area contributed by atoms with Crippen LogP contribution in [0.5, 0.6) is 0 Å². The van der Waals surface area contributed by atoms with E-state index < -0.39 is 15.6 Å². The number of fused-ring (bicyclic) bond motifs is 1. The van der Waals surface area contributed by atoms with Gasteiger partial charge in [0.2, 0.25) is 0 Å². The predicted molar refractivity (Wildman–Crippen MR) is 117 cm³/mol. The van der Waals surface area contributed by atoms with Crippen LogP contribution in [0.25, 0.3) is 0 Å². The molecule has 3 rings (SSSR count). The fraction of sp³-hybridized carbons (Fsp3) is 0.435. The van der Waals surface area contributed by atoms with E-state index in [0.717, 1.165) is 12.0 Å². The quantitative estimate of drug-likeness (QED) is 0.789. The fourth-order valence-electron chi connectivity index (χ4n) is 4.23. The van der Waals surface area contributed by atoms with Crippen LogP contribution in [-0.4, -0.2) is 26.4 Å². The zero-order chi connectivity index (χ0) is 21.4. The predicted octanol–water partition coefficient (Wildman–Crippen LogP) is 4.38. The van der Waals surface area contributed by atoms with Gasteiger partial charge in [-0.3, -0.25) is 9.10 Å². The molecule has 0 saturated carbocycles. The number of hydrogen-bond donors (Lipinski definition) is 1. The third-order valence-corrected chi connectivity index (χ3v) is 6.76. The molecule has 29 heavy (non-hydrogen) atoms. The zero-order valence-corrected chi connectivity index (χ0v) is 18.6. The summed E-state index contributed by atoms with van der Waals surface area (Å²) in [6, 6.07) is 13.8. The number of carbonyl (C=O) groups is 1. The number of sulfonamides is 1.